The van der Waals surface area contributed by atoms with Crippen LogP contribution in [0.2, 0.25) is 0 Å². The van der Waals surface area contributed by atoms with Crippen molar-refractivity contribution in [2.45, 2.75) is 31.8 Å². The van der Waals surface area contributed by atoms with Gasteiger partial charge in [0, 0.05) is 6.04 Å². The lowest BCUT2D eigenvalue weighted by atomic mass is 10.1. The molecule has 0 saturated heterocycles. The SMILES string of the molecule is CC(Nc1nncc(NC2CC2)n1)c1ccccc1. The molecule has 2 N–H and O–H groups in total. The monoisotopic (exact) mass is 255 g/mol. The van der Waals surface area contributed by atoms with Crippen LogP contribution in [0.15, 0.2) is 36.5 Å². The fraction of sp³-hybridized carbons (Fsp3) is 0.357. The number of hydrogen-bond donors (Lipinski definition) is 2. The first-order chi connectivity index (χ1) is 9.31. The second kappa shape index (κ2) is 5.22. The van der Waals surface area contributed by atoms with Crippen molar-refractivity contribution in [1.82, 2.24) is 15.2 Å². The average molecular weight is 255 g/mol. The topological polar surface area (TPSA) is 62.7 Å². The largest absolute Gasteiger partial charge is 0.366 e. The normalized spacial score (nSPS) is 15.8. The van der Waals surface area contributed by atoms with Crippen molar-refractivity contribution >= 4 is 11.8 Å². The molecule has 98 valence electrons. The third-order valence-corrected chi connectivity index (χ3v) is 3.13. The van der Waals surface area contributed by atoms with E-state index in [0.29, 0.717) is 12.0 Å². The van der Waals surface area contributed by atoms with Crippen LogP contribution in [-0.2, 0) is 0 Å². The van der Waals surface area contributed by atoms with Crippen molar-refractivity contribution in [1.29, 1.82) is 0 Å². The van der Waals surface area contributed by atoms with Crippen LogP contribution >= 0.6 is 0 Å². The fourth-order valence-corrected chi connectivity index (χ4v) is 1.89. The lowest BCUT2D eigenvalue weighted by Crippen LogP contribution is -2.12. The zero-order valence-electron chi connectivity index (χ0n) is 10.9. The molecule has 5 nitrogen and oxygen atoms in total. The molecule has 1 fully saturated rings. The van der Waals surface area contributed by atoms with Gasteiger partial charge in [-0.25, -0.2) is 0 Å². The highest BCUT2D eigenvalue weighted by Gasteiger charge is 2.21. The van der Waals surface area contributed by atoms with Gasteiger partial charge < -0.3 is 10.6 Å². The zero-order chi connectivity index (χ0) is 13.1. The molecular weight excluding hydrogens is 238 g/mol. The highest BCUT2D eigenvalue weighted by atomic mass is 15.3. The maximum atomic E-state index is 4.42. The Bertz CT molecular complexity index is 539. The van der Waals surface area contributed by atoms with Gasteiger partial charge in [-0.15, -0.1) is 5.10 Å². The van der Waals surface area contributed by atoms with Gasteiger partial charge in [-0.1, -0.05) is 30.3 Å². The number of aromatic nitrogens is 3. The Labute approximate surface area is 112 Å². The number of nitrogens with zero attached hydrogens (tertiary/aromatic N) is 3. The first-order valence-corrected chi connectivity index (χ1v) is 6.59. The zero-order valence-corrected chi connectivity index (χ0v) is 10.9. The minimum absolute atomic E-state index is 0.152. The van der Waals surface area contributed by atoms with Gasteiger partial charge in [0.25, 0.3) is 0 Å². The van der Waals surface area contributed by atoms with Crippen LogP contribution in [-0.4, -0.2) is 21.2 Å². The minimum Gasteiger partial charge on any atom is -0.366 e. The van der Waals surface area contributed by atoms with Crippen LogP contribution in [0.25, 0.3) is 0 Å². The summed E-state index contributed by atoms with van der Waals surface area (Å²) in [6.45, 7) is 2.08. The third-order valence-electron chi connectivity index (χ3n) is 3.13. The Morgan fingerprint density at radius 1 is 1.21 bits per heavy atom. The predicted molar refractivity (Wildman–Crippen MR) is 75.0 cm³/mol. The maximum Gasteiger partial charge on any atom is 0.245 e. The van der Waals surface area contributed by atoms with Crippen molar-refractivity contribution in [2.75, 3.05) is 10.6 Å². The van der Waals surface area contributed by atoms with E-state index in [2.05, 4.69) is 44.9 Å². The lowest BCUT2D eigenvalue weighted by molar-refractivity contribution is 0.839. The first kappa shape index (κ1) is 11.9. The quantitative estimate of drug-likeness (QED) is 0.860. The van der Waals surface area contributed by atoms with E-state index in [4.69, 9.17) is 0 Å². The molecule has 1 heterocycles. The van der Waals surface area contributed by atoms with Gasteiger partial charge in [0.1, 0.15) is 0 Å². The van der Waals surface area contributed by atoms with Crippen molar-refractivity contribution in [3.63, 3.8) is 0 Å². The molecule has 0 radical (unpaired) electrons. The fourth-order valence-electron chi connectivity index (χ4n) is 1.89. The molecule has 0 aliphatic heterocycles. The summed E-state index contributed by atoms with van der Waals surface area (Å²) in [4.78, 5) is 4.42. The van der Waals surface area contributed by atoms with Gasteiger partial charge in [0.2, 0.25) is 5.95 Å². The second-order valence-electron chi connectivity index (χ2n) is 4.86. The Balaban J connectivity index is 1.68. The summed E-state index contributed by atoms with van der Waals surface area (Å²) >= 11 is 0. The molecule has 2 aromatic rings. The molecule has 3 rings (SSSR count). The lowest BCUT2D eigenvalue weighted by Gasteiger charge is -2.14. The van der Waals surface area contributed by atoms with Crippen molar-refractivity contribution in [3.8, 4) is 0 Å². The third kappa shape index (κ3) is 3.19. The molecule has 19 heavy (non-hydrogen) atoms. The molecule has 1 aromatic heterocycles. The van der Waals surface area contributed by atoms with Crippen molar-refractivity contribution in [2.24, 2.45) is 0 Å². The van der Waals surface area contributed by atoms with Crippen molar-refractivity contribution in [3.05, 3.63) is 42.1 Å². The van der Waals surface area contributed by atoms with Crippen LogP contribution < -0.4 is 10.6 Å². The van der Waals surface area contributed by atoms with Gasteiger partial charge in [-0.05, 0) is 25.3 Å². The Morgan fingerprint density at radius 3 is 2.74 bits per heavy atom. The summed E-state index contributed by atoms with van der Waals surface area (Å²) in [6, 6.07) is 10.9. The highest BCUT2D eigenvalue weighted by molar-refractivity contribution is 5.40. The van der Waals surface area contributed by atoms with E-state index in [0.717, 1.165) is 5.82 Å². The van der Waals surface area contributed by atoms with Gasteiger partial charge in [0.15, 0.2) is 5.82 Å². The maximum absolute atomic E-state index is 4.42. The molecule has 0 bridgehead atoms. The Hall–Kier alpha value is -2.17. The van der Waals surface area contributed by atoms with Gasteiger partial charge in [0.05, 0.1) is 12.2 Å². The Morgan fingerprint density at radius 2 is 2.00 bits per heavy atom. The molecule has 1 saturated carbocycles. The molecule has 5 heteroatoms. The van der Waals surface area contributed by atoms with E-state index in [1.807, 2.05) is 18.2 Å². The molecule has 1 atom stereocenters. The van der Waals surface area contributed by atoms with Crippen LogP contribution in [0.3, 0.4) is 0 Å². The first-order valence-electron chi connectivity index (χ1n) is 6.59. The Kier molecular flexibility index (Phi) is 3.27. The summed E-state index contributed by atoms with van der Waals surface area (Å²) in [5.74, 6) is 1.35. The summed E-state index contributed by atoms with van der Waals surface area (Å²) in [5, 5.41) is 14.6. The van der Waals surface area contributed by atoms with Gasteiger partial charge >= 0.3 is 0 Å². The van der Waals surface area contributed by atoms with Crippen LogP contribution in [0.5, 0.6) is 0 Å². The van der Waals surface area contributed by atoms with Gasteiger partial charge in [-0.3, -0.25) is 0 Å². The molecular formula is C14H17N5. The predicted octanol–water partition coefficient (Wildman–Crippen LogP) is 2.62. The number of hydrogen-bond acceptors (Lipinski definition) is 5. The van der Waals surface area contributed by atoms with E-state index in [1.54, 1.807) is 6.20 Å². The minimum atomic E-state index is 0.152. The summed E-state index contributed by atoms with van der Waals surface area (Å²) in [5.41, 5.74) is 1.20. The molecule has 0 amide bonds. The van der Waals surface area contributed by atoms with Crippen LogP contribution in [0.1, 0.15) is 31.4 Å². The summed E-state index contributed by atoms with van der Waals surface area (Å²) < 4.78 is 0. The van der Waals surface area contributed by atoms with Crippen LogP contribution in [0.4, 0.5) is 11.8 Å². The standard InChI is InChI=1S/C14H17N5/c1-10(11-5-3-2-4-6-11)16-14-18-13(9-15-19-14)17-12-7-8-12/h2-6,9-10,12H,7-8H2,1H3,(H2,16,17,18,19). The highest BCUT2D eigenvalue weighted by Crippen LogP contribution is 2.23. The molecule has 1 unspecified atom stereocenters. The van der Waals surface area contributed by atoms with E-state index in [9.17, 15) is 0 Å². The number of anilines is 2. The smallest absolute Gasteiger partial charge is 0.245 e. The molecule has 0 spiro atoms. The molecule has 1 aliphatic carbocycles. The van der Waals surface area contributed by atoms with Gasteiger partial charge in [-0.2, -0.15) is 10.1 Å². The second-order valence-corrected chi connectivity index (χ2v) is 4.86. The van der Waals surface area contributed by atoms with E-state index >= 15 is 0 Å². The number of benzene rings is 1. The number of rotatable bonds is 5. The van der Waals surface area contributed by atoms with Crippen molar-refractivity contribution < 1.29 is 0 Å². The average Bonchev–Trinajstić information content (AvgIpc) is 3.24. The van der Waals surface area contributed by atoms with E-state index in [1.165, 1.54) is 18.4 Å². The number of nitrogens with one attached hydrogen (secondary N) is 2. The van der Waals surface area contributed by atoms with Crippen LogP contribution in [0, 0.1) is 0 Å². The molecule has 1 aromatic carbocycles. The van der Waals surface area contributed by atoms with E-state index < -0.39 is 0 Å². The molecule has 1 aliphatic rings. The van der Waals surface area contributed by atoms with E-state index in [-0.39, 0.29) is 6.04 Å². The summed E-state index contributed by atoms with van der Waals surface area (Å²) in [6.07, 6.45) is 4.09. The summed E-state index contributed by atoms with van der Waals surface area (Å²) in [7, 11) is 0.